The number of esters is 1. The average Bonchev–Trinajstić information content (AvgIpc) is 2.45. The fraction of sp³-hybridized carbons (Fsp3) is 0.133. The SMILES string of the molecule is CC(=O)c1cccc(COC(=O)c2ccncc2Cl)c1. The van der Waals surface area contributed by atoms with Gasteiger partial charge in [0.05, 0.1) is 10.6 Å². The van der Waals surface area contributed by atoms with Crippen molar-refractivity contribution in [3.63, 3.8) is 0 Å². The number of carbonyl (C=O) groups is 2. The van der Waals surface area contributed by atoms with Crippen molar-refractivity contribution < 1.29 is 14.3 Å². The molecule has 0 saturated carbocycles. The molecule has 102 valence electrons. The van der Waals surface area contributed by atoms with Gasteiger partial charge in [-0.3, -0.25) is 9.78 Å². The molecule has 0 aliphatic heterocycles. The summed E-state index contributed by atoms with van der Waals surface area (Å²) in [6.07, 6.45) is 2.85. The number of Topliss-reactive ketones (excluding diaryl/α,β-unsaturated/α-hetero) is 1. The van der Waals surface area contributed by atoms with Gasteiger partial charge in [-0.2, -0.15) is 0 Å². The predicted molar refractivity (Wildman–Crippen MR) is 74.8 cm³/mol. The standard InChI is InChI=1S/C15H12ClNO3/c1-10(18)12-4-2-3-11(7-12)9-20-15(19)13-5-6-17-8-14(13)16/h2-8H,9H2,1H3. The smallest absolute Gasteiger partial charge is 0.340 e. The van der Waals surface area contributed by atoms with Gasteiger partial charge in [0.25, 0.3) is 0 Å². The van der Waals surface area contributed by atoms with Crippen LogP contribution in [-0.2, 0) is 11.3 Å². The van der Waals surface area contributed by atoms with Gasteiger partial charge in [0.1, 0.15) is 6.61 Å². The Bertz CT molecular complexity index is 655. The van der Waals surface area contributed by atoms with Crippen LogP contribution in [-0.4, -0.2) is 16.7 Å². The third kappa shape index (κ3) is 3.42. The Kier molecular flexibility index (Phi) is 4.48. The first kappa shape index (κ1) is 14.2. The van der Waals surface area contributed by atoms with Crippen molar-refractivity contribution in [2.75, 3.05) is 0 Å². The van der Waals surface area contributed by atoms with E-state index < -0.39 is 5.97 Å². The van der Waals surface area contributed by atoms with Crippen LogP contribution in [0.3, 0.4) is 0 Å². The van der Waals surface area contributed by atoms with Crippen LogP contribution in [0.1, 0.15) is 33.2 Å². The Morgan fingerprint density at radius 2 is 2.10 bits per heavy atom. The van der Waals surface area contributed by atoms with E-state index in [9.17, 15) is 9.59 Å². The molecule has 0 fully saturated rings. The second-order valence-electron chi connectivity index (χ2n) is 4.19. The summed E-state index contributed by atoms with van der Waals surface area (Å²) in [4.78, 5) is 26.9. The normalized spacial score (nSPS) is 10.1. The van der Waals surface area contributed by atoms with Crippen molar-refractivity contribution in [3.8, 4) is 0 Å². The number of halogens is 1. The Balaban J connectivity index is 2.06. The lowest BCUT2D eigenvalue weighted by molar-refractivity contribution is 0.0473. The van der Waals surface area contributed by atoms with Gasteiger partial charge in [-0.1, -0.05) is 29.8 Å². The van der Waals surface area contributed by atoms with Crippen LogP contribution in [0.2, 0.25) is 5.02 Å². The molecule has 0 aliphatic carbocycles. The quantitative estimate of drug-likeness (QED) is 0.640. The molecule has 0 atom stereocenters. The molecule has 2 aromatic rings. The molecule has 0 amide bonds. The molecule has 2 rings (SSSR count). The largest absolute Gasteiger partial charge is 0.457 e. The van der Waals surface area contributed by atoms with Crippen molar-refractivity contribution in [3.05, 3.63) is 64.4 Å². The van der Waals surface area contributed by atoms with Crippen molar-refractivity contribution >= 4 is 23.4 Å². The minimum absolute atomic E-state index is 0.0321. The number of carbonyl (C=O) groups excluding carboxylic acids is 2. The second kappa shape index (κ2) is 6.30. The van der Waals surface area contributed by atoms with Crippen molar-refractivity contribution in [1.82, 2.24) is 4.98 Å². The van der Waals surface area contributed by atoms with E-state index >= 15 is 0 Å². The molecular weight excluding hydrogens is 278 g/mol. The number of benzene rings is 1. The van der Waals surface area contributed by atoms with E-state index in [1.54, 1.807) is 24.3 Å². The fourth-order valence-corrected chi connectivity index (χ4v) is 1.84. The third-order valence-electron chi connectivity index (χ3n) is 2.70. The van der Waals surface area contributed by atoms with Gasteiger partial charge in [0, 0.05) is 18.0 Å². The minimum atomic E-state index is -0.523. The van der Waals surface area contributed by atoms with E-state index in [1.807, 2.05) is 0 Å². The van der Waals surface area contributed by atoms with E-state index in [1.165, 1.54) is 25.4 Å². The summed E-state index contributed by atoms with van der Waals surface area (Å²) in [6.45, 7) is 1.57. The molecule has 1 heterocycles. The Morgan fingerprint density at radius 3 is 2.80 bits per heavy atom. The highest BCUT2D eigenvalue weighted by atomic mass is 35.5. The summed E-state index contributed by atoms with van der Waals surface area (Å²) in [6, 6.07) is 8.45. The number of pyridine rings is 1. The molecule has 0 unspecified atom stereocenters. The first-order valence-corrected chi connectivity index (χ1v) is 6.32. The van der Waals surface area contributed by atoms with Crippen LogP contribution in [0, 0.1) is 0 Å². The number of ketones is 1. The lowest BCUT2D eigenvalue weighted by Gasteiger charge is -2.06. The molecule has 20 heavy (non-hydrogen) atoms. The molecule has 1 aromatic heterocycles. The number of aromatic nitrogens is 1. The Morgan fingerprint density at radius 1 is 1.30 bits per heavy atom. The molecule has 0 spiro atoms. The molecule has 0 N–H and O–H groups in total. The third-order valence-corrected chi connectivity index (χ3v) is 3.00. The maximum atomic E-state index is 11.9. The Labute approximate surface area is 121 Å². The summed E-state index contributed by atoms with van der Waals surface area (Å²) >= 11 is 5.86. The van der Waals surface area contributed by atoms with Gasteiger partial charge >= 0.3 is 5.97 Å². The van der Waals surface area contributed by atoms with Crippen LogP contribution in [0.15, 0.2) is 42.7 Å². The molecular formula is C15H12ClNO3. The van der Waals surface area contributed by atoms with Gasteiger partial charge in [0.2, 0.25) is 0 Å². The van der Waals surface area contributed by atoms with E-state index in [0.717, 1.165) is 5.56 Å². The minimum Gasteiger partial charge on any atom is -0.457 e. The average molecular weight is 290 g/mol. The second-order valence-corrected chi connectivity index (χ2v) is 4.60. The van der Waals surface area contributed by atoms with E-state index in [4.69, 9.17) is 16.3 Å². The topological polar surface area (TPSA) is 56.3 Å². The summed E-state index contributed by atoms with van der Waals surface area (Å²) < 4.78 is 5.17. The lowest BCUT2D eigenvalue weighted by Crippen LogP contribution is -2.06. The van der Waals surface area contributed by atoms with E-state index in [-0.39, 0.29) is 23.0 Å². The highest BCUT2D eigenvalue weighted by Crippen LogP contribution is 2.15. The summed E-state index contributed by atoms with van der Waals surface area (Å²) in [5, 5.41) is 0.245. The zero-order chi connectivity index (χ0) is 14.5. The maximum absolute atomic E-state index is 11.9. The first-order valence-electron chi connectivity index (χ1n) is 5.94. The number of nitrogens with zero attached hydrogens (tertiary/aromatic N) is 1. The summed E-state index contributed by atoms with van der Waals surface area (Å²) in [7, 11) is 0. The van der Waals surface area contributed by atoms with Crippen molar-refractivity contribution in [1.29, 1.82) is 0 Å². The predicted octanol–water partition coefficient (Wildman–Crippen LogP) is 3.29. The van der Waals surface area contributed by atoms with Crippen molar-refractivity contribution in [2.45, 2.75) is 13.5 Å². The number of ether oxygens (including phenoxy) is 1. The van der Waals surface area contributed by atoms with Gasteiger partial charge in [-0.15, -0.1) is 0 Å². The zero-order valence-electron chi connectivity index (χ0n) is 10.8. The van der Waals surface area contributed by atoms with Gasteiger partial charge in [-0.05, 0) is 24.6 Å². The number of rotatable bonds is 4. The zero-order valence-corrected chi connectivity index (χ0v) is 11.6. The van der Waals surface area contributed by atoms with Crippen LogP contribution in [0.4, 0.5) is 0 Å². The number of hydrogen-bond acceptors (Lipinski definition) is 4. The number of hydrogen-bond donors (Lipinski definition) is 0. The molecule has 5 heteroatoms. The first-order chi connectivity index (χ1) is 9.58. The highest BCUT2D eigenvalue weighted by Gasteiger charge is 2.11. The fourth-order valence-electron chi connectivity index (χ4n) is 1.65. The molecule has 1 aromatic carbocycles. The maximum Gasteiger partial charge on any atom is 0.340 e. The van der Waals surface area contributed by atoms with Crippen molar-refractivity contribution in [2.24, 2.45) is 0 Å². The summed E-state index contributed by atoms with van der Waals surface area (Å²) in [5.74, 6) is -0.555. The van der Waals surface area contributed by atoms with E-state index in [2.05, 4.69) is 4.98 Å². The van der Waals surface area contributed by atoms with Gasteiger partial charge in [-0.25, -0.2) is 4.79 Å². The van der Waals surface area contributed by atoms with Crippen LogP contribution in [0.5, 0.6) is 0 Å². The molecule has 4 nitrogen and oxygen atoms in total. The highest BCUT2D eigenvalue weighted by molar-refractivity contribution is 6.33. The van der Waals surface area contributed by atoms with E-state index in [0.29, 0.717) is 5.56 Å². The molecule has 0 radical (unpaired) electrons. The summed E-state index contributed by atoms with van der Waals surface area (Å²) in [5.41, 5.74) is 1.60. The van der Waals surface area contributed by atoms with Gasteiger partial charge < -0.3 is 4.74 Å². The Hall–Kier alpha value is -2.20. The monoisotopic (exact) mass is 289 g/mol. The van der Waals surface area contributed by atoms with Gasteiger partial charge in [0.15, 0.2) is 5.78 Å². The van der Waals surface area contributed by atoms with Crippen LogP contribution in [0.25, 0.3) is 0 Å². The molecule has 0 bridgehead atoms. The van der Waals surface area contributed by atoms with Crippen LogP contribution < -0.4 is 0 Å². The molecule has 0 saturated heterocycles. The molecule has 0 aliphatic rings. The lowest BCUT2D eigenvalue weighted by atomic mass is 10.1. The van der Waals surface area contributed by atoms with Crippen LogP contribution >= 0.6 is 11.6 Å².